The highest BCUT2D eigenvalue weighted by Crippen LogP contribution is 2.29. The second-order valence-corrected chi connectivity index (χ2v) is 6.61. The highest BCUT2D eigenvalue weighted by Gasteiger charge is 2.34. The number of aromatic nitrogens is 2. The van der Waals surface area contributed by atoms with Gasteiger partial charge in [0, 0.05) is 19.3 Å². The minimum absolute atomic E-state index is 0.0751. The van der Waals surface area contributed by atoms with Gasteiger partial charge < -0.3 is 10.6 Å². The van der Waals surface area contributed by atoms with E-state index in [2.05, 4.69) is 5.10 Å². The van der Waals surface area contributed by atoms with E-state index in [1.165, 1.54) is 10.9 Å². The summed E-state index contributed by atoms with van der Waals surface area (Å²) in [5.41, 5.74) is 5.00. The van der Waals surface area contributed by atoms with Crippen molar-refractivity contribution in [3.05, 3.63) is 18.0 Å². The van der Waals surface area contributed by atoms with Gasteiger partial charge in [-0.15, -0.1) is 0 Å². The van der Waals surface area contributed by atoms with Crippen LogP contribution in [0.15, 0.2) is 12.3 Å². The maximum absolute atomic E-state index is 12.6. The molecule has 23 heavy (non-hydrogen) atoms. The number of nitrogens with zero attached hydrogens (tertiary/aromatic N) is 3. The fourth-order valence-electron chi connectivity index (χ4n) is 2.65. The van der Waals surface area contributed by atoms with Gasteiger partial charge in [-0.2, -0.15) is 30.0 Å². The first-order valence-electron chi connectivity index (χ1n) is 7.48. The Balaban J connectivity index is 1.88. The molecular weight excluding hydrogens is 329 g/mol. The Kier molecular flexibility index (Phi) is 5.96. The van der Waals surface area contributed by atoms with Gasteiger partial charge in [0.15, 0.2) is 5.69 Å². The van der Waals surface area contributed by atoms with Gasteiger partial charge in [-0.1, -0.05) is 0 Å². The minimum atomic E-state index is -4.42. The second-order valence-electron chi connectivity index (χ2n) is 5.62. The summed E-state index contributed by atoms with van der Waals surface area (Å²) in [6, 6.07) is 0.369. The average Bonchev–Trinajstić information content (AvgIpc) is 3.02. The molecule has 1 fully saturated rings. The Morgan fingerprint density at radius 1 is 1.48 bits per heavy atom. The molecule has 130 valence electrons. The van der Waals surface area contributed by atoms with Crippen LogP contribution in [0.4, 0.5) is 13.2 Å². The van der Waals surface area contributed by atoms with Gasteiger partial charge in [-0.25, -0.2) is 0 Å². The predicted molar refractivity (Wildman–Crippen MR) is 83.1 cm³/mol. The van der Waals surface area contributed by atoms with Crippen molar-refractivity contribution in [2.75, 3.05) is 25.1 Å². The molecule has 1 aromatic rings. The van der Waals surface area contributed by atoms with Crippen LogP contribution in [0.5, 0.6) is 0 Å². The third-order valence-electron chi connectivity index (χ3n) is 4.00. The topological polar surface area (TPSA) is 64.2 Å². The second kappa shape index (κ2) is 7.57. The molecular formula is C14H21F3N4OS. The number of carbonyl (C=O) groups is 1. The molecule has 1 unspecified atom stereocenters. The van der Waals surface area contributed by atoms with E-state index in [1.807, 2.05) is 6.26 Å². The number of hydrogen-bond donors (Lipinski definition) is 1. The standard InChI is InChI=1S/C14H21F3N4OS/c1-23-9-5-11(18)13(22)20-6-2-10(3-7-20)21-8-4-12(19-21)14(15,16)17/h4,8,10-11H,2-3,5-7,9,18H2,1H3. The quantitative estimate of drug-likeness (QED) is 0.884. The molecule has 9 heteroatoms. The highest BCUT2D eigenvalue weighted by molar-refractivity contribution is 7.98. The number of likely N-dealkylation sites (tertiary alicyclic amines) is 1. The zero-order valence-electron chi connectivity index (χ0n) is 12.9. The maximum Gasteiger partial charge on any atom is 0.435 e. The predicted octanol–water partition coefficient (Wildman–Crippen LogP) is 2.15. The first-order valence-corrected chi connectivity index (χ1v) is 8.88. The van der Waals surface area contributed by atoms with Crippen molar-refractivity contribution in [2.45, 2.75) is 37.5 Å². The molecule has 1 aliphatic rings. The minimum Gasteiger partial charge on any atom is -0.341 e. The van der Waals surface area contributed by atoms with Crippen molar-refractivity contribution in [1.82, 2.24) is 14.7 Å². The summed E-state index contributed by atoms with van der Waals surface area (Å²) in [5.74, 6) is 0.755. The summed E-state index contributed by atoms with van der Waals surface area (Å²) in [6.07, 6.45) is 0.692. The molecule has 1 aromatic heterocycles. The van der Waals surface area contributed by atoms with Crippen LogP contribution in [-0.4, -0.2) is 51.7 Å². The van der Waals surface area contributed by atoms with Gasteiger partial charge in [0.25, 0.3) is 0 Å². The van der Waals surface area contributed by atoms with Crippen molar-refractivity contribution < 1.29 is 18.0 Å². The average molecular weight is 350 g/mol. The van der Waals surface area contributed by atoms with Crippen LogP contribution in [0.1, 0.15) is 31.0 Å². The molecule has 5 nitrogen and oxygen atoms in total. The first-order chi connectivity index (χ1) is 10.8. The van der Waals surface area contributed by atoms with Crippen molar-refractivity contribution >= 4 is 17.7 Å². The van der Waals surface area contributed by atoms with E-state index in [0.29, 0.717) is 32.4 Å². The number of thioether (sulfide) groups is 1. The molecule has 1 amide bonds. The molecule has 0 radical (unpaired) electrons. The van der Waals surface area contributed by atoms with Crippen LogP contribution < -0.4 is 5.73 Å². The molecule has 1 atom stereocenters. The molecule has 0 bridgehead atoms. The van der Waals surface area contributed by atoms with Gasteiger partial charge >= 0.3 is 6.18 Å². The first kappa shape index (κ1) is 18.1. The van der Waals surface area contributed by atoms with E-state index in [1.54, 1.807) is 16.7 Å². The van der Waals surface area contributed by atoms with Gasteiger partial charge in [0.2, 0.25) is 5.91 Å². The number of rotatable bonds is 5. The zero-order chi connectivity index (χ0) is 17.0. The van der Waals surface area contributed by atoms with E-state index in [9.17, 15) is 18.0 Å². The summed E-state index contributed by atoms with van der Waals surface area (Å²) in [7, 11) is 0. The van der Waals surface area contributed by atoms with Crippen LogP contribution in [0.25, 0.3) is 0 Å². The zero-order valence-corrected chi connectivity index (χ0v) is 13.7. The van der Waals surface area contributed by atoms with Gasteiger partial charge in [0.05, 0.1) is 12.1 Å². The van der Waals surface area contributed by atoms with E-state index >= 15 is 0 Å². The van der Waals surface area contributed by atoms with Crippen LogP contribution in [0.3, 0.4) is 0 Å². The van der Waals surface area contributed by atoms with E-state index in [4.69, 9.17) is 5.73 Å². The third-order valence-corrected chi connectivity index (χ3v) is 4.64. The molecule has 1 saturated heterocycles. The van der Waals surface area contributed by atoms with Gasteiger partial charge in [0.1, 0.15) is 0 Å². The Labute approximate surface area is 137 Å². The molecule has 1 aliphatic heterocycles. The van der Waals surface area contributed by atoms with E-state index in [-0.39, 0.29) is 11.9 Å². The molecule has 2 rings (SSSR count). The molecule has 0 saturated carbocycles. The number of carbonyl (C=O) groups excluding carboxylic acids is 1. The molecule has 2 N–H and O–H groups in total. The molecule has 0 aromatic carbocycles. The van der Waals surface area contributed by atoms with Crippen LogP contribution in [0.2, 0.25) is 0 Å². The SMILES string of the molecule is CSCCC(N)C(=O)N1CCC(n2ccc(C(F)(F)F)n2)CC1. The lowest BCUT2D eigenvalue weighted by atomic mass is 10.0. The Hall–Kier alpha value is -1.22. The fraction of sp³-hybridized carbons (Fsp3) is 0.714. The number of alkyl halides is 3. The van der Waals surface area contributed by atoms with Gasteiger partial charge in [-0.05, 0) is 37.3 Å². The highest BCUT2D eigenvalue weighted by atomic mass is 32.2. The van der Waals surface area contributed by atoms with Crippen molar-refractivity contribution in [3.63, 3.8) is 0 Å². The summed E-state index contributed by atoms with van der Waals surface area (Å²) in [4.78, 5) is 13.9. The van der Waals surface area contributed by atoms with Crippen LogP contribution in [0, 0.1) is 0 Å². The number of amides is 1. The summed E-state index contributed by atoms with van der Waals surface area (Å²) < 4.78 is 39.1. The van der Waals surface area contributed by atoms with Crippen molar-refractivity contribution in [3.8, 4) is 0 Å². The van der Waals surface area contributed by atoms with E-state index < -0.39 is 17.9 Å². The van der Waals surface area contributed by atoms with Gasteiger partial charge in [-0.3, -0.25) is 9.48 Å². The monoisotopic (exact) mass is 350 g/mol. The Bertz CT molecular complexity index is 526. The fourth-order valence-corrected chi connectivity index (χ4v) is 3.14. The van der Waals surface area contributed by atoms with Crippen LogP contribution >= 0.6 is 11.8 Å². The Morgan fingerprint density at radius 2 is 2.13 bits per heavy atom. The summed E-state index contributed by atoms with van der Waals surface area (Å²) in [6.45, 7) is 0.995. The number of hydrogen-bond acceptors (Lipinski definition) is 4. The Morgan fingerprint density at radius 3 is 2.65 bits per heavy atom. The largest absolute Gasteiger partial charge is 0.435 e. The maximum atomic E-state index is 12.6. The lowest BCUT2D eigenvalue weighted by Gasteiger charge is -2.33. The van der Waals surface area contributed by atoms with E-state index in [0.717, 1.165) is 11.8 Å². The summed E-state index contributed by atoms with van der Waals surface area (Å²) >= 11 is 1.64. The summed E-state index contributed by atoms with van der Waals surface area (Å²) in [5, 5.41) is 3.61. The van der Waals surface area contributed by atoms with Crippen LogP contribution in [-0.2, 0) is 11.0 Å². The van der Waals surface area contributed by atoms with Crippen molar-refractivity contribution in [2.24, 2.45) is 5.73 Å². The van der Waals surface area contributed by atoms with Crippen molar-refractivity contribution in [1.29, 1.82) is 0 Å². The molecule has 2 heterocycles. The molecule has 0 spiro atoms. The number of halogens is 3. The lowest BCUT2D eigenvalue weighted by Crippen LogP contribution is -2.47. The molecule has 0 aliphatic carbocycles. The number of piperidine rings is 1. The normalized spacial score (nSPS) is 18.2. The third kappa shape index (κ3) is 4.63. The smallest absolute Gasteiger partial charge is 0.341 e. The number of nitrogens with two attached hydrogens (primary N) is 1. The lowest BCUT2D eigenvalue weighted by molar-refractivity contribution is -0.141.